The van der Waals surface area contributed by atoms with E-state index >= 15 is 0 Å². The average molecular weight is 251 g/mol. The normalized spacial score (nSPS) is 20.2. The molecule has 94 valence electrons. The lowest BCUT2D eigenvalue weighted by molar-refractivity contribution is 0.197. The van der Waals surface area contributed by atoms with Gasteiger partial charge in [-0.25, -0.2) is 0 Å². The smallest absolute Gasteiger partial charge is 0.0905 e. The number of rotatable bonds is 5. The summed E-state index contributed by atoms with van der Waals surface area (Å²) in [6.07, 6.45) is 4.12. The maximum absolute atomic E-state index is 7.20. The van der Waals surface area contributed by atoms with E-state index in [0.29, 0.717) is 11.9 Å². The Morgan fingerprint density at radius 1 is 1.59 bits per heavy atom. The second-order valence-corrected chi connectivity index (χ2v) is 5.74. The molecule has 4 heteroatoms. The zero-order valence-corrected chi connectivity index (χ0v) is 11.2. The molecule has 0 saturated heterocycles. The molecule has 0 spiro atoms. The van der Waals surface area contributed by atoms with E-state index in [1.165, 1.54) is 18.5 Å². The van der Waals surface area contributed by atoms with Gasteiger partial charge in [0, 0.05) is 23.9 Å². The minimum atomic E-state index is 0.316. The van der Waals surface area contributed by atoms with Gasteiger partial charge in [-0.2, -0.15) is 0 Å². The Balaban J connectivity index is 1.81. The van der Waals surface area contributed by atoms with Crippen molar-refractivity contribution in [2.45, 2.75) is 38.6 Å². The molecule has 0 aliphatic carbocycles. The third-order valence-electron chi connectivity index (χ3n) is 3.55. The number of hydrogen-bond acceptors (Lipinski definition) is 3. The van der Waals surface area contributed by atoms with Crippen LogP contribution in [0.4, 0.5) is 0 Å². The maximum Gasteiger partial charge on any atom is 0.0905 e. The first-order valence-corrected chi connectivity index (χ1v) is 7.19. The lowest BCUT2D eigenvalue weighted by Gasteiger charge is -2.33. The molecule has 0 amide bonds. The van der Waals surface area contributed by atoms with Crippen LogP contribution in [-0.2, 0) is 6.42 Å². The molecule has 0 radical (unpaired) electrons. The van der Waals surface area contributed by atoms with Gasteiger partial charge >= 0.3 is 0 Å². The van der Waals surface area contributed by atoms with Gasteiger partial charge in [0.2, 0.25) is 0 Å². The second kappa shape index (κ2) is 5.65. The van der Waals surface area contributed by atoms with Crippen LogP contribution in [0.3, 0.4) is 0 Å². The number of amidine groups is 1. The fourth-order valence-corrected chi connectivity index (χ4v) is 3.46. The number of hydrogen-bond donors (Lipinski definition) is 2. The molecule has 1 unspecified atom stereocenters. The largest absolute Gasteiger partial charge is 0.388 e. The van der Waals surface area contributed by atoms with E-state index in [1.54, 1.807) is 4.88 Å². The minimum absolute atomic E-state index is 0.316. The molecule has 1 aromatic rings. The Morgan fingerprint density at radius 3 is 3.18 bits per heavy atom. The predicted octanol–water partition coefficient (Wildman–Crippen LogP) is 2.77. The summed E-state index contributed by atoms with van der Waals surface area (Å²) in [5.74, 6) is 0.316. The quantitative estimate of drug-likeness (QED) is 0.480. The van der Waals surface area contributed by atoms with Crippen molar-refractivity contribution >= 4 is 17.2 Å². The molecule has 1 aliphatic heterocycles. The first-order chi connectivity index (χ1) is 8.18. The molecule has 0 aromatic carbocycles. The van der Waals surface area contributed by atoms with Crippen molar-refractivity contribution in [1.29, 1.82) is 5.41 Å². The lowest BCUT2D eigenvalue weighted by Crippen LogP contribution is -2.34. The van der Waals surface area contributed by atoms with E-state index in [-0.39, 0.29) is 0 Å². The summed E-state index contributed by atoms with van der Waals surface area (Å²) in [4.78, 5) is 4.12. The monoisotopic (exact) mass is 251 g/mol. The van der Waals surface area contributed by atoms with E-state index in [9.17, 15) is 0 Å². The van der Waals surface area contributed by atoms with Gasteiger partial charge in [0.15, 0.2) is 0 Å². The van der Waals surface area contributed by atoms with Crippen LogP contribution in [-0.4, -0.2) is 23.8 Å². The van der Waals surface area contributed by atoms with Gasteiger partial charge in [0.1, 0.15) is 0 Å². The van der Waals surface area contributed by atoms with Gasteiger partial charge in [0.05, 0.1) is 5.84 Å². The molecule has 17 heavy (non-hydrogen) atoms. The SMILES string of the molecule is CC1c2ccsc2CCN1CCCCC(=N)N. The van der Waals surface area contributed by atoms with Gasteiger partial charge in [-0.05, 0) is 49.7 Å². The third kappa shape index (κ3) is 3.07. The average Bonchev–Trinajstić information content (AvgIpc) is 2.75. The highest BCUT2D eigenvalue weighted by atomic mass is 32.1. The Morgan fingerprint density at radius 2 is 2.41 bits per heavy atom. The van der Waals surface area contributed by atoms with E-state index in [4.69, 9.17) is 11.1 Å². The lowest BCUT2D eigenvalue weighted by atomic mass is 10.0. The first-order valence-electron chi connectivity index (χ1n) is 6.31. The van der Waals surface area contributed by atoms with Crippen LogP contribution >= 0.6 is 11.3 Å². The molecule has 3 N–H and O–H groups in total. The van der Waals surface area contributed by atoms with Crippen molar-refractivity contribution in [1.82, 2.24) is 4.90 Å². The number of fused-ring (bicyclic) bond motifs is 1. The zero-order valence-electron chi connectivity index (χ0n) is 10.4. The fraction of sp³-hybridized carbons (Fsp3) is 0.615. The molecule has 3 nitrogen and oxygen atoms in total. The third-order valence-corrected chi connectivity index (χ3v) is 4.54. The van der Waals surface area contributed by atoms with E-state index in [2.05, 4.69) is 23.3 Å². The number of nitrogens with two attached hydrogens (primary N) is 1. The topological polar surface area (TPSA) is 53.1 Å². The minimum Gasteiger partial charge on any atom is -0.388 e. The van der Waals surface area contributed by atoms with Gasteiger partial charge in [-0.1, -0.05) is 0 Å². The van der Waals surface area contributed by atoms with Crippen LogP contribution in [0.1, 0.15) is 42.7 Å². The molecule has 1 atom stereocenters. The van der Waals surface area contributed by atoms with E-state index in [1.807, 2.05) is 11.3 Å². The summed E-state index contributed by atoms with van der Waals surface area (Å²) in [6.45, 7) is 4.61. The number of nitrogens with zero attached hydrogens (tertiary/aromatic N) is 1. The first kappa shape index (κ1) is 12.6. The molecule has 2 rings (SSSR count). The van der Waals surface area contributed by atoms with Crippen LogP contribution in [0.5, 0.6) is 0 Å². The van der Waals surface area contributed by atoms with Crippen molar-refractivity contribution in [3.63, 3.8) is 0 Å². The highest BCUT2D eigenvalue weighted by molar-refractivity contribution is 7.10. The van der Waals surface area contributed by atoms with Gasteiger partial charge in [-0.3, -0.25) is 10.3 Å². The summed E-state index contributed by atoms with van der Waals surface area (Å²) in [7, 11) is 0. The molecule has 1 aromatic heterocycles. The van der Waals surface area contributed by atoms with Crippen molar-refractivity contribution < 1.29 is 0 Å². The van der Waals surface area contributed by atoms with Crippen LogP contribution < -0.4 is 5.73 Å². The van der Waals surface area contributed by atoms with Crippen LogP contribution in [0.15, 0.2) is 11.4 Å². The summed E-state index contributed by atoms with van der Waals surface area (Å²) < 4.78 is 0. The van der Waals surface area contributed by atoms with E-state index in [0.717, 1.165) is 25.8 Å². The molecule has 1 aliphatic rings. The molecule has 0 fully saturated rings. The summed E-state index contributed by atoms with van der Waals surface area (Å²) in [5.41, 5.74) is 6.88. The number of nitrogens with one attached hydrogen (secondary N) is 1. The maximum atomic E-state index is 7.20. The standard InChI is InChI=1S/C13H21N3S/c1-10-11-6-9-17-12(11)5-8-16(10)7-3-2-4-13(14)15/h6,9-10H,2-5,7-8H2,1H3,(H3,14,15). The second-order valence-electron chi connectivity index (χ2n) is 4.74. The van der Waals surface area contributed by atoms with Crippen molar-refractivity contribution in [2.75, 3.05) is 13.1 Å². The summed E-state index contributed by atoms with van der Waals surface area (Å²) in [6, 6.07) is 2.83. The van der Waals surface area contributed by atoms with Crippen molar-refractivity contribution in [2.24, 2.45) is 5.73 Å². The number of thiophene rings is 1. The highest BCUT2D eigenvalue weighted by Gasteiger charge is 2.23. The molecule has 0 saturated carbocycles. The zero-order chi connectivity index (χ0) is 12.3. The Hall–Kier alpha value is -0.870. The number of unbranched alkanes of at least 4 members (excludes halogenated alkanes) is 1. The highest BCUT2D eigenvalue weighted by Crippen LogP contribution is 2.32. The van der Waals surface area contributed by atoms with Crippen LogP contribution in [0, 0.1) is 5.41 Å². The Kier molecular flexibility index (Phi) is 4.18. The van der Waals surface area contributed by atoms with E-state index < -0.39 is 0 Å². The fourth-order valence-electron chi connectivity index (χ4n) is 2.50. The Bertz CT molecular complexity index is 386. The molecular weight excluding hydrogens is 230 g/mol. The molecular formula is C13H21N3S. The van der Waals surface area contributed by atoms with Gasteiger partial charge in [-0.15, -0.1) is 11.3 Å². The van der Waals surface area contributed by atoms with Gasteiger partial charge < -0.3 is 5.73 Å². The summed E-state index contributed by atoms with van der Waals surface area (Å²) in [5, 5.41) is 9.41. The van der Waals surface area contributed by atoms with Crippen molar-refractivity contribution in [3.05, 3.63) is 21.9 Å². The predicted molar refractivity (Wildman–Crippen MR) is 73.8 cm³/mol. The van der Waals surface area contributed by atoms with Crippen molar-refractivity contribution in [3.8, 4) is 0 Å². The molecule has 2 heterocycles. The molecule has 0 bridgehead atoms. The Labute approximate surface area is 107 Å². The van der Waals surface area contributed by atoms with Gasteiger partial charge in [0.25, 0.3) is 0 Å². The van der Waals surface area contributed by atoms with Crippen LogP contribution in [0.2, 0.25) is 0 Å². The van der Waals surface area contributed by atoms with Crippen LogP contribution in [0.25, 0.3) is 0 Å². The summed E-state index contributed by atoms with van der Waals surface area (Å²) >= 11 is 1.89.